The third-order valence-corrected chi connectivity index (χ3v) is 5.66. The van der Waals surface area contributed by atoms with Crippen molar-refractivity contribution in [3.05, 3.63) is 22.4 Å². The molecule has 0 aliphatic heterocycles. The van der Waals surface area contributed by atoms with Gasteiger partial charge in [0, 0.05) is 6.04 Å². The standard InChI is InChI=1S/C18H31NS/c1-3-5-6-15-7-9-17(10-8-15)18(19-4-2)13-16-11-12-20-14-16/h11-12,14-15,17-19H,3-10,13H2,1-2H3. The summed E-state index contributed by atoms with van der Waals surface area (Å²) < 4.78 is 0. The van der Waals surface area contributed by atoms with Crippen LogP contribution in [0.15, 0.2) is 16.8 Å². The molecular weight excluding hydrogens is 262 g/mol. The Morgan fingerprint density at radius 1 is 1.25 bits per heavy atom. The Kier molecular flexibility index (Phi) is 7.09. The van der Waals surface area contributed by atoms with E-state index < -0.39 is 0 Å². The molecule has 0 bridgehead atoms. The third kappa shape index (κ3) is 4.89. The second-order valence-electron chi connectivity index (χ2n) is 6.42. The van der Waals surface area contributed by atoms with Gasteiger partial charge < -0.3 is 5.32 Å². The van der Waals surface area contributed by atoms with Gasteiger partial charge in [0.05, 0.1) is 0 Å². The number of rotatable bonds is 8. The average Bonchev–Trinajstić information content (AvgIpc) is 2.98. The van der Waals surface area contributed by atoms with Crippen molar-refractivity contribution < 1.29 is 0 Å². The van der Waals surface area contributed by atoms with Crippen molar-refractivity contribution in [3.63, 3.8) is 0 Å². The van der Waals surface area contributed by atoms with Crippen molar-refractivity contribution in [2.24, 2.45) is 11.8 Å². The highest BCUT2D eigenvalue weighted by Gasteiger charge is 2.27. The van der Waals surface area contributed by atoms with Crippen molar-refractivity contribution in [3.8, 4) is 0 Å². The van der Waals surface area contributed by atoms with Crippen LogP contribution < -0.4 is 5.32 Å². The molecule has 1 saturated carbocycles. The fraction of sp³-hybridized carbons (Fsp3) is 0.778. The van der Waals surface area contributed by atoms with Gasteiger partial charge in [-0.25, -0.2) is 0 Å². The SMILES string of the molecule is CCCCC1CCC(C(Cc2ccsc2)NCC)CC1. The zero-order chi connectivity index (χ0) is 14.2. The highest BCUT2D eigenvalue weighted by Crippen LogP contribution is 2.34. The second kappa shape index (κ2) is 8.84. The number of likely N-dealkylation sites (N-methyl/N-ethyl adjacent to an activating group) is 1. The van der Waals surface area contributed by atoms with Gasteiger partial charge in [0.25, 0.3) is 0 Å². The molecule has 1 fully saturated rings. The van der Waals surface area contributed by atoms with Crippen LogP contribution in [-0.2, 0) is 6.42 Å². The van der Waals surface area contributed by atoms with Crippen LogP contribution in [0.2, 0.25) is 0 Å². The largest absolute Gasteiger partial charge is 0.314 e. The Hall–Kier alpha value is -0.340. The first-order chi connectivity index (χ1) is 9.83. The van der Waals surface area contributed by atoms with Gasteiger partial charge in [-0.15, -0.1) is 0 Å². The molecule has 2 rings (SSSR count). The van der Waals surface area contributed by atoms with Crippen LogP contribution in [-0.4, -0.2) is 12.6 Å². The van der Waals surface area contributed by atoms with Crippen LogP contribution in [0.5, 0.6) is 0 Å². The second-order valence-corrected chi connectivity index (χ2v) is 7.20. The van der Waals surface area contributed by atoms with Crippen LogP contribution in [0.25, 0.3) is 0 Å². The van der Waals surface area contributed by atoms with E-state index in [-0.39, 0.29) is 0 Å². The van der Waals surface area contributed by atoms with E-state index in [9.17, 15) is 0 Å². The fourth-order valence-electron chi connectivity index (χ4n) is 3.70. The summed E-state index contributed by atoms with van der Waals surface area (Å²) in [5.41, 5.74) is 1.52. The van der Waals surface area contributed by atoms with Gasteiger partial charge in [0.1, 0.15) is 0 Å². The molecule has 1 aliphatic rings. The molecule has 0 saturated heterocycles. The first-order valence-electron chi connectivity index (χ1n) is 8.57. The van der Waals surface area contributed by atoms with Gasteiger partial charge in [0.2, 0.25) is 0 Å². The van der Waals surface area contributed by atoms with Crippen molar-refractivity contribution in [1.29, 1.82) is 0 Å². The maximum atomic E-state index is 3.75. The van der Waals surface area contributed by atoms with Crippen molar-refractivity contribution in [2.45, 2.75) is 71.3 Å². The van der Waals surface area contributed by atoms with Gasteiger partial charge in [-0.1, -0.05) is 46.0 Å². The lowest BCUT2D eigenvalue weighted by Gasteiger charge is -2.34. The molecule has 0 aromatic carbocycles. The molecule has 1 N–H and O–H groups in total. The van der Waals surface area contributed by atoms with E-state index >= 15 is 0 Å². The summed E-state index contributed by atoms with van der Waals surface area (Å²) >= 11 is 1.83. The smallest absolute Gasteiger partial charge is 0.0136 e. The molecule has 0 amide bonds. The molecular formula is C18H31NS. The normalized spacial score (nSPS) is 24.7. The van der Waals surface area contributed by atoms with Crippen LogP contribution in [0, 0.1) is 11.8 Å². The highest BCUT2D eigenvalue weighted by atomic mass is 32.1. The Bertz CT molecular complexity index is 338. The molecule has 0 radical (unpaired) electrons. The number of nitrogens with one attached hydrogen (secondary N) is 1. The lowest BCUT2D eigenvalue weighted by atomic mass is 9.76. The molecule has 2 heteroatoms. The predicted molar refractivity (Wildman–Crippen MR) is 90.5 cm³/mol. The van der Waals surface area contributed by atoms with Crippen molar-refractivity contribution >= 4 is 11.3 Å². The third-order valence-electron chi connectivity index (χ3n) is 4.93. The molecule has 1 atom stereocenters. The van der Waals surface area contributed by atoms with Crippen LogP contribution in [0.3, 0.4) is 0 Å². The first-order valence-corrected chi connectivity index (χ1v) is 9.52. The van der Waals surface area contributed by atoms with E-state index in [0.717, 1.165) is 18.4 Å². The molecule has 1 nitrogen and oxygen atoms in total. The van der Waals surface area contributed by atoms with Gasteiger partial charge in [-0.2, -0.15) is 11.3 Å². The fourth-order valence-corrected chi connectivity index (χ4v) is 4.38. The summed E-state index contributed by atoms with van der Waals surface area (Å²) in [6, 6.07) is 2.99. The van der Waals surface area contributed by atoms with Crippen molar-refractivity contribution in [1.82, 2.24) is 5.32 Å². The van der Waals surface area contributed by atoms with Crippen LogP contribution in [0.1, 0.15) is 64.4 Å². The minimum atomic E-state index is 0.696. The Morgan fingerprint density at radius 3 is 2.65 bits per heavy atom. The number of hydrogen-bond donors (Lipinski definition) is 1. The van der Waals surface area contributed by atoms with E-state index in [0.29, 0.717) is 6.04 Å². The molecule has 1 aromatic heterocycles. The molecule has 114 valence electrons. The first kappa shape index (κ1) is 16.0. The predicted octanol–water partition coefficient (Wildman–Crippen LogP) is 5.27. The highest BCUT2D eigenvalue weighted by molar-refractivity contribution is 7.07. The summed E-state index contributed by atoms with van der Waals surface area (Å²) in [4.78, 5) is 0. The van der Waals surface area contributed by atoms with Crippen LogP contribution in [0.4, 0.5) is 0 Å². The maximum Gasteiger partial charge on any atom is 0.0136 e. The zero-order valence-electron chi connectivity index (χ0n) is 13.2. The lowest BCUT2D eigenvalue weighted by molar-refractivity contribution is 0.212. The molecule has 0 spiro atoms. The van der Waals surface area contributed by atoms with E-state index in [1.165, 1.54) is 56.9 Å². The summed E-state index contributed by atoms with van der Waals surface area (Å²) in [6.07, 6.45) is 11.3. The zero-order valence-corrected chi connectivity index (χ0v) is 14.1. The molecule has 1 aliphatic carbocycles. The average molecular weight is 294 g/mol. The lowest BCUT2D eigenvalue weighted by Crippen LogP contribution is -2.39. The topological polar surface area (TPSA) is 12.0 Å². The van der Waals surface area contributed by atoms with E-state index in [1.54, 1.807) is 0 Å². The van der Waals surface area contributed by atoms with Gasteiger partial charge in [-0.05, 0) is 60.0 Å². The maximum absolute atomic E-state index is 3.75. The van der Waals surface area contributed by atoms with E-state index in [1.807, 2.05) is 11.3 Å². The molecule has 1 heterocycles. The number of hydrogen-bond acceptors (Lipinski definition) is 2. The van der Waals surface area contributed by atoms with E-state index in [2.05, 4.69) is 36.0 Å². The quantitative estimate of drug-likeness (QED) is 0.689. The minimum absolute atomic E-state index is 0.696. The number of unbranched alkanes of at least 4 members (excludes halogenated alkanes) is 1. The molecule has 20 heavy (non-hydrogen) atoms. The summed E-state index contributed by atoms with van der Waals surface area (Å²) in [5.74, 6) is 1.92. The summed E-state index contributed by atoms with van der Waals surface area (Å²) in [7, 11) is 0. The monoisotopic (exact) mass is 293 g/mol. The Balaban J connectivity index is 1.81. The number of thiophene rings is 1. The van der Waals surface area contributed by atoms with Gasteiger partial charge in [-0.3, -0.25) is 0 Å². The van der Waals surface area contributed by atoms with Gasteiger partial charge in [0.15, 0.2) is 0 Å². The summed E-state index contributed by atoms with van der Waals surface area (Å²) in [5, 5.41) is 8.28. The summed E-state index contributed by atoms with van der Waals surface area (Å²) in [6.45, 7) is 5.66. The van der Waals surface area contributed by atoms with Crippen molar-refractivity contribution in [2.75, 3.05) is 6.54 Å². The Labute approximate surface area is 129 Å². The minimum Gasteiger partial charge on any atom is -0.314 e. The van der Waals surface area contributed by atoms with Gasteiger partial charge >= 0.3 is 0 Å². The molecule has 1 unspecified atom stereocenters. The Morgan fingerprint density at radius 2 is 2.05 bits per heavy atom. The van der Waals surface area contributed by atoms with Crippen LogP contribution >= 0.6 is 11.3 Å². The molecule has 1 aromatic rings. The van der Waals surface area contributed by atoms with E-state index in [4.69, 9.17) is 0 Å².